The second-order valence-electron chi connectivity index (χ2n) is 4.64. The third-order valence-electron chi connectivity index (χ3n) is 3.21. The van der Waals surface area contributed by atoms with Crippen molar-refractivity contribution >= 4 is 0 Å². The van der Waals surface area contributed by atoms with Crippen molar-refractivity contribution < 1.29 is 0 Å². The predicted octanol–water partition coefficient (Wildman–Crippen LogP) is 4.89. The molecule has 0 heterocycles. The Hall–Kier alpha value is 0. The summed E-state index contributed by atoms with van der Waals surface area (Å²) < 4.78 is 0. The fraction of sp³-hybridized carbons (Fsp3) is 0.923. The van der Waals surface area contributed by atoms with Crippen LogP contribution in [0.4, 0.5) is 0 Å². The van der Waals surface area contributed by atoms with E-state index < -0.39 is 0 Å². The van der Waals surface area contributed by atoms with Crippen LogP contribution in [-0.4, -0.2) is 0 Å². The van der Waals surface area contributed by atoms with Gasteiger partial charge in [0.15, 0.2) is 0 Å². The van der Waals surface area contributed by atoms with Crippen molar-refractivity contribution in [1.29, 1.82) is 0 Å². The van der Waals surface area contributed by atoms with Crippen LogP contribution < -0.4 is 0 Å². The van der Waals surface area contributed by atoms with Crippen LogP contribution in [-0.2, 0) is 0 Å². The molecule has 0 aromatic heterocycles. The zero-order valence-corrected chi connectivity index (χ0v) is 9.28. The summed E-state index contributed by atoms with van der Waals surface area (Å²) in [6.45, 7) is 2.35. The molecule has 0 nitrogen and oxygen atoms in total. The van der Waals surface area contributed by atoms with Gasteiger partial charge in [0.1, 0.15) is 0 Å². The van der Waals surface area contributed by atoms with E-state index in [9.17, 15) is 0 Å². The maximum Gasteiger partial charge on any atom is -0.0272 e. The molecule has 0 aromatic carbocycles. The summed E-state index contributed by atoms with van der Waals surface area (Å²) in [5.41, 5.74) is 0. The maximum atomic E-state index is 2.35. The van der Waals surface area contributed by atoms with Crippen molar-refractivity contribution in [3.8, 4) is 0 Å². The first-order valence-corrected chi connectivity index (χ1v) is 6.21. The second-order valence-corrected chi connectivity index (χ2v) is 4.64. The molecule has 77 valence electrons. The predicted molar refractivity (Wildman–Crippen MR) is 59.7 cm³/mol. The van der Waals surface area contributed by atoms with Crippen molar-refractivity contribution in [2.75, 3.05) is 0 Å². The zero-order chi connectivity index (χ0) is 9.36. The Morgan fingerprint density at radius 3 is 1.23 bits per heavy atom. The minimum absolute atomic E-state index is 1.40. The Morgan fingerprint density at radius 1 is 0.538 bits per heavy atom. The van der Waals surface area contributed by atoms with Crippen molar-refractivity contribution in [1.82, 2.24) is 0 Å². The van der Waals surface area contributed by atoms with Gasteiger partial charge in [-0.1, -0.05) is 64.7 Å². The van der Waals surface area contributed by atoms with E-state index >= 15 is 0 Å². The number of rotatable bonds is 0. The Balaban J connectivity index is 2.11. The second kappa shape index (κ2) is 7.41. The van der Waals surface area contributed by atoms with E-state index in [2.05, 4.69) is 6.92 Å². The van der Waals surface area contributed by atoms with E-state index in [0.29, 0.717) is 0 Å². The summed E-state index contributed by atoms with van der Waals surface area (Å²) in [5.74, 6) is 1.75. The van der Waals surface area contributed by atoms with E-state index in [1.165, 1.54) is 70.6 Å². The molecular formula is C13H25. The molecule has 1 rings (SSSR count). The molecule has 0 amide bonds. The third-order valence-corrected chi connectivity index (χ3v) is 3.21. The lowest BCUT2D eigenvalue weighted by Crippen LogP contribution is -1.94. The highest BCUT2D eigenvalue weighted by atomic mass is 14.1. The molecule has 1 radical (unpaired) electrons. The highest BCUT2D eigenvalue weighted by molar-refractivity contribution is 4.83. The lowest BCUT2D eigenvalue weighted by molar-refractivity contribution is 0.520. The van der Waals surface area contributed by atoms with Gasteiger partial charge in [0.05, 0.1) is 0 Å². The molecule has 0 spiro atoms. The van der Waals surface area contributed by atoms with Gasteiger partial charge >= 0.3 is 0 Å². The molecule has 1 aliphatic rings. The first kappa shape index (κ1) is 11.1. The smallest absolute Gasteiger partial charge is 0.0272 e. The Bertz CT molecular complexity index is 94.6. The molecule has 1 fully saturated rings. The Labute approximate surface area is 84.1 Å². The van der Waals surface area contributed by atoms with Crippen molar-refractivity contribution in [2.24, 2.45) is 0 Å². The van der Waals surface area contributed by atoms with Crippen LogP contribution in [0.5, 0.6) is 0 Å². The summed E-state index contributed by atoms with van der Waals surface area (Å²) in [5, 5.41) is 0. The minimum Gasteiger partial charge on any atom is -0.0591 e. The van der Waals surface area contributed by atoms with Crippen LogP contribution in [0.1, 0.15) is 77.6 Å². The molecule has 0 aromatic rings. The number of hydrogen-bond donors (Lipinski definition) is 0. The Morgan fingerprint density at radius 2 is 0.846 bits per heavy atom. The van der Waals surface area contributed by atoms with E-state index in [0.717, 1.165) is 0 Å². The van der Waals surface area contributed by atoms with Gasteiger partial charge in [-0.2, -0.15) is 0 Å². The zero-order valence-electron chi connectivity index (χ0n) is 9.28. The van der Waals surface area contributed by atoms with Crippen LogP contribution in [0, 0.1) is 5.92 Å². The molecule has 0 unspecified atom stereocenters. The van der Waals surface area contributed by atoms with Crippen molar-refractivity contribution in [2.45, 2.75) is 77.6 Å². The summed E-state index contributed by atoms with van der Waals surface area (Å²) in [4.78, 5) is 0. The highest BCUT2D eigenvalue weighted by Gasteiger charge is 2.03. The van der Waals surface area contributed by atoms with Gasteiger partial charge in [-0.15, -0.1) is 0 Å². The summed E-state index contributed by atoms with van der Waals surface area (Å²) in [6, 6.07) is 0. The van der Waals surface area contributed by atoms with Crippen molar-refractivity contribution in [3.05, 3.63) is 5.92 Å². The standard InChI is InChI=1S/C13H25/c1-13-11-9-7-5-3-2-4-6-8-10-12-13/h2-12H2,1H3. The van der Waals surface area contributed by atoms with E-state index in [1.807, 2.05) is 0 Å². The van der Waals surface area contributed by atoms with Gasteiger partial charge < -0.3 is 0 Å². The highest BCUT2D eigenvalue weighted by Crippen LogP contribution is 2.21. The van der Waals surface area contributed by atoms with Gasteiger partial charge in [-0.25, -0.2) is 0 Å². The lowest BCUT2D eigenvalue weighted by atomic mass is 9.94. The normalized spacial score (nSPS) is 24.7. The first-order valence-electron chi connectivity index (χ1n) is 6.21. The molecular weight excluding hydrogens is 156 g/mol. The van der Waals surface area contributed by atoms with Gasteiger partial charge in [-0.05, 0) is 18.8 Å². The summed E-state index contributed by atoms with van der Waals surface area (Å²) in [7, 11) is 0. The average molecular weight is 181 g/mol. The summed E-state index contributed by atoms with van der Waals surface area (Å²) >= 11 is 0. The number of hydrogen-bond acceptors (Lipinski definition) is 0. The molecule has 0 aliphatic heterocycles. The molecule has 0 atom stereocenters. The maximum absolute atomic E-state index is 2.35. The van der Waals surface area contributed by atoms with Crippen LogP contribution in [0.15, 0.2) is 0 Å². The Kier molecular flexibility index (Phi) is 6.31. The summed E-state index contributed by atoms with van der Waals surface area (Å²) in [6.07, 6.45) is 16.1. The van der Waals surface area contributed by atoms with Gasteiger partial charge in [0.25, 0.3) is 0 Å². The van der Waals surface area contributed by atoms with E-state index in [-0.39, 0.29) is 0 Å². The lowest BCUT2D eigenvalue weighted by Gasteiger charge is -2.11. The molecule has 0 bridgehead atoms. The van der Waals surface area contributed by atoms with E-state index in [4.69, 9.17) is 0 Å². The topological polar surface area (TPSA) is 0 Å². The molecule has 1 saturated carbocycles. The van der Waals surface area contributed by atoms with Gasteiger partial charge in [0.2, 0.25) is 0 Å². The van der Waals surface area contributed by atoms with Crippen LogP contribution in [0.2, 0.25) is 0 Å². The molecule has 13 heavy (non-hydrogen) atoms. The van der Waals surface area contributed by atoms with Crippen LogP contribution in [0.25, 0.3) is 0 Å². The minimum atomic E-state index is 1.40. The van der Waals surface area contributed by atoms with Gasteiger partial charge in [0, 0.05) is 0 Å². The fourth-order valence-corrected chi connectivity index (χ4v) is 2.22. The molecule has 0 heteroatoms. The largest absolute Gasteiger partial charge is 0.0591 e. The van der Waals surface area contributed by atoms with E-state index in [1.54, 1.807) is 5.92 Å². The quantitative estimate of drug-likeness (QED) is 0.499. The van der Waals surface area contributed by atoms with Gasteiger partial charge in [-0.3, -0.25) is 0 Å². The van der Waals surface area contributed by atoms with Crippen molar-refractivity contribution in [3.63, 3.8) is 0 Å². The van der Waals surface area contributed by atoms with Crippen LogP contribution >= 0.6 is 0 Å². The molecule has 0 saturated heterocycles. The molecule has 0 N–H and O–H groups in total. The first-order chi connectivity index (χ1) is 6.39. The molecule has 1 aliphatic carbocycles. The monoisotopic (exact) mass is 181 g/mol. The average Bonchev–Trinajstić information content (AvgIpc) is 2.11. The third kappa shape index (κ3) is 6.12. The van der Waals surface area contributed by atoms with Crippen LogP contribution in [0.3, 0.4) is 0 Å². The fourth-order valence-electron chi connectivity index (χ4n) is 2.22. The SMILES string of the molecule is C[C]1CCCCCCCCCCC1.